The zero-order valence-corrected chi connectivity index (χ0v) is 10.8. The minimum Gasteiger partial charge on any atom is -0.350 e. The third kappa shape index (κ3) is 2.57. The van der Waals surface area contributed by atoms with E-state index in [4.69, 9.17) is 0 Å². The molecule has 0 atom stereocenters. The van der Waals surface area contributed by atoms with E-state index in [9.17, 15) is 0 Å². The SMILES string of the molecule is CC(C)NCc1cn(C)c2ccccc12.Cl. The Kier molecular flexibility index (Phi) is 4.39. The third-order valence-electron chi connectivity index (χ3n) is 2.68. The normalized spacial score (nSPS) is 10.8. The maximum Gasteiger partial charge on any atom is 0.0481 e. The van der Waals surface area contributed by atoms with Crippen LogP contribution in [0, 0.1) is 0 Å². The first-order valence-corrected chi connectivity index (χ1v) is 5.45. The molecule has 2 aromatic rings. The number of hydrogen-bond donors (Lipinski definition) is 1. The second kappa shape index (κ2) is 5.37. The van der Waals surface area contributed by atoms with Gasteiger partial charge in [-0.1, -0.05) is 32.0 Å². The Bertz CT molecular complexity index is 460. The van der Waals surface area contributed by atoms with Crippen LogP contribution in [0.25, 0.3) is 10.9 Å². The molecule has 1 N–H and O–H groups in total. The number of hydrogen-bond acceptors (Lipinski definition) is 1. The van der Waals surface area contributed by atoms with E-state index in [1.54, 1.807) is 0 Å². The van der Waals surface area contributed by atoms with Crippen molar-refractivity contribution in [3.05, 3.63) is 36.0 Å². The summed E-state index contributed by atoms with van der Waals surface area (Å²) in [6.45, 7) is 5.29. The van der Waals surface area contributed by atoms with Gasteiger partial charge in [-0.3, -0.25) is 0 Å². The zero-order chi connectivity index (χ0) is 10.8. The number of halogens is 1. The molecule has 0 amide bonds. The Morgan fingerprint density at radius 1 is 1.25 bits per heavy atom. The monoisotopic (exact) mass is 238 g/mol. The summed E-state index contributed by atoms with van der Waals surface area (Å²) < 4.78 is 2.19. The van der Waals surface area contributed by atoms with Gasteiger partial charge in [-0.25, -0.2) is 0 Å². The van der Waals surface area contributed by atoms with E-state index < -0.39 is 0 Å². The van der Waals surface area contributed by atoms with E-state index in [1.807, 2.05) is 0 Å². The maximum atomic E-state index is 3.45. The summed E-state index contributed by atoms with van der Waals surface area (Å²) in [7, 11) is 2.10. The van der Waals surface area contributed by atoms with Crippen molar-refractivity contribution in [1.82, 2.24) is 9.88 Å². The van der Waals surface area contributed by atoms with Crippen LogP contribution < -0.4 is 5.32 Å². The molecule has 0 spiro atoms. The second-order valence-corrected chi connectivity index (χ2v) is 4.32. The quantitative estimate of drug-likeness (QED) is 0.870. The smallest absolute Gasteiger partial charge is 0.0481 e. The lowest BCUT2D eigenvalue weighted by molar-refractivity contribution is 0.590. The van der Waals surface area contributed by atoms with Crippen LogP contribution in [0.15, 0.2) is 30.5 Å². The highest BCUT2D eigenvalue weighted by Crippen LogP contribution is 2.19. The predicted octanol–water partition coefficient (Wildman–Crippen LogP) is 3.10. The number of aryl methyl sites for hydroxylation is 1. The molecule has 1 heterocycles. The summed E-state index contributed by atoms with van der Waals surface area (Å²) in [6.07, 6.45) is 2.21. The predicted molar refractivity (Wildman–Crippen MR) is 72.1 cm³/mol. The number of benzene rings is 1. The first-order chi connectivity index (χ1) is 7.18. The lowest BCUT2D eigenvalue weighted by Gasteiger charge is -2.06. The molecule has 88 valence electrons. The summed E-state index contributed by atoms with van der Waals surface area (Å²) in [6, 6.07) is 9.06. The van der Waals surface area contributed by atoms with E-state index in [0.29, 0.717) is 6.04 Å². The van der Waals surface area contributed by atoms with Crippen molar-refractivity contribution < 1.29 is 0 Å². The standard InChI is InChI=1S/C13H18N2.ClH/c1-10(2)14-8-11-9-15(3)13-7-5-4-6-12(11)13;/h4-7,9-10,14H,8H2,1-3H3;1H. The summed E-state index contributed by atoms with van der Waals surface area (Å²) in [4.78, 5) is 0. The molecule has 1 aromatic heterocycles. The minimum absolute atomic E-state index is 0. The molecule has 2 rings (SSSR count). The fourth-order valence-electron chi connectivity index (χ4n) is 1.88. The zero-order valence-electron chi connectivity index (χ0n) is 10.0. The van der Waals surface area contributed by atoms with Gasteiger partial charge in [0.05, 0.1) is 0 Å². The van der Waals surface area contributed by atoms with E-state index in [1.165, 1.54) is 16.5 Å². The van der Waals surface area contributed by atoms with Crippen LogP contribution in [0.3, 0.4) is 0 Å². The highest BCUT2D eigenvalue weighted by Gasteiger charge is 2.05. The van der Waals surface area contributed by atoms with Crippen LogP contribution in [0.5, 0.6) is 0 Å². The molecule has 1 aromatic carbocycles. The summed E-state index contributed by atoms with van der Waals surface area (Å²) >= 11 is 0. The molecule has 0 aliphatic carbocycles. The van der Waals surface area contributed by atoms with Crippen LogP contribution in [-0.4, -0.2) is 10.6 Å². The fraction of sp³-hybridized carbons (Fsp3) is 0.385. The molecule has 0 saturated heterocycles. The van der Waals surface area contributed by atoms with Gasteiger partial charge in [0.15, 0.2) is 0 Å². The first-order valence-electron chi connectivity index (χ1n) is 5.45. The molecule has 0 aliphatic rings. The highest BCUT2D eigenvalue weighted by atomic mass is 35.5. The Morgan fingerprint density at radius 2 is 1.94 bits per heavy atom. The number of nitrogens with zero attached hydrogens (tertiary/aromatic N) is 1. The van der Waals surface area contributed by atoms with Gasteiger partial charge in [-0.15, -0.1) is 12.4 Å². The topological polar surface area (TPSA) is 17.0 Å². The lowest BCUT2D eigenvalue weighted by atomic mass is 10.2. The van der Waals surface area contributed by atoms with Crippen molar-refractivity contribution in [3.8, 4) is 0 Å². The molecule has 2 nitrogen and oxygen atoms in total. The number of fused-ring (bicyclic) bond motifs is 1. The van der Waals surface area contributed by atoms with Gasteiger partial charge in [0.25, 0.3) is 0 Å². The van der Waals surface area contributed by atoms with Gasteiger partial charge in [-0.05, 0) is 11.6 Å². The number of rotatable bonds is 3. The number of aromatic nitrogens is 1. The Balaban J connectivity index is 0.00000128. The van der Waals surface area contributed by atoms with Crippen LogP contribution in [0.1, 0.15) is 19.4 Å². The van der Waals surface area contributed by atoms with E-state index in [2.05, 4.69) is 61.2 Å². The molecular weight excluding hydrogens is 220 g/mol. The molecule has 0 saturated carbocycles. The Morgan fingerprint density at radius 3 is 2.62 bits per heavy atom. The van der Waals surface area contributed by atoms with Crippen LogP contribution >= 0.6 is 12.4 Å². The molecule has 0 radical (unpaired) electrons. The van der Waals surface area contributed by atoms with Gasteiger partial charge >= 0.3 is 0 Å². The van der Waals surface area contributed by atoms with Gasteiger partial charge < -0.3 is 9.88 Å². The molecule has 0 bridgehead atoms. The van der Waals surface area contributed by atoms with Crippen LogP contribution in [0.4, 0.5) is 0 Å². The average molecular weight is 239 g/mol. The number of nitrogens with one attached hydrogen (secondary N) is 1. The minimum atomic E-state index is 0. The van der Waals surface area contributed by atoms with Crippen molar-refractivity contribution in [1.29, 1.82) is 0 Å². The Hall–Kier alpha value is -0.990. The summed E-state index contributed by atoms with van der Waals surface area (Å²) in [5.74, 6) is 0. The van der Waals surface area contributed by atoms with Crippen molar-refractivity contribution in [2.24, 2.45) is 7.05 Å². The van der Waals surface area contributed by atoms with Crippen molar-refractivity contribution in [3.63, 3.8) is 0 Å². The third-order valence-corrected chi connectivity index (χ3v) is 2.68. The first kappa shape index (κ1) is 13.1. The van der Waals surface area contributed by atoms with Crippen LogP contribution in [0.2, 0.25) is 0 Å². The highest BCUT2D eigenvalue weighted by molar-refractivity contribution is 5.85. The van der Waals surface area contributed by atoms with Crippen molar-refractivity contribution in [2.45, 2.75) is 26.4 Å². The molecule has 0 aliphatic heterocycles. The van der Waals surface area contributed by atoms with E-state index >= 15 is 0 Å². The summed E-state index contributed by atoms with van der Waals surface area (Å²) in [5.41, 5.74) is 2.68. The molecule has 0 unspecified atom stereocenters. The largest absolute Gasteiger partial charge is 0.350 e. The van der Waals surface area contributed by atoms with Gasteiger partial charge in [0.2, 0.25) is 0 Å². The van der Waals surface area contributed by atoms with Gasteiger partial charge in [0, 0.05) is 36.7 Å². The molecule has 3 heteroatoms. The van der Waals surface area contributed by atoms with Crippen molar-refractivity contribution >= 4 is 23.3 Å². The van der Waals surface area contributed by atoms with E-state index in [0.717, 1.165) is 6.54 Å². The van der Waals surface area contributed by atoms with Gasteiger partial charge in [-0.2, -0.15) is 0 Å². The van der Waals surface area contributed by atoms with Gasteiger partial charge in [0.1, 0.15) is 0 Å². The fourth-order valence-corrected chi connectivity index (χ4v) is 1.88. The summed E-state index contributed by atoms with van der Waals surface area (Å²) in [5, 5.41) is 4.81. The maximum absolute atomic E-state index is 3.45. The lowest BCUT2D eigenvalue weighted by Crippen LogP contribution is -2.21. The van der Waals surface area contributed by atoms with Crippen molar-refractivity contribution in [2.75, 3.05) is 0 Å². The second-order valence-electron chi connectivity index (χ2n) is 4.32. The van der Waals surface area contributed by atoms with Crippen LogP contribution in [-0.2, 0) is 13.6 Å². The Labute approximate surface area is 103 Å². The molecule has 16 heavy (non-hydrogen) atoms. The molecular formula is C13H19ClN2. The average Bonchev–Trinajstić information content (AvgIpc) is 2.54. The molecule has 0 fully saturated rings. The number of para-hydroxylation sites is 1. The van der Waals surface area contributed by atoms with E-state index in [-0.39, 0.29) is 12.4 Å².